The molecular formula is C21H27FN4O3. The number of rotatable bonds is 4. The van der Waals surface area contributed by atoms with Gasteiger partial charge in [-0.1, -0.05) is 5.16 Å². The van der Waals surface area contributed by atoms with E-state index in [1.165, 1.54) is 24.3 Å². The summed E-state index contributed by atoms with van der Waals surface area (Å²) in [7, 11) is 0. The number of benzene rings is 1. The average Bonchev–Trinajstić information content (AvgIpc) is 2.90. The second-order valence-electron chi connectivity index (χ2n) is 7.50. The number of halogens is 1. The fraction of sp³-hybridized carbons (Fsp3) is 0.476. The third kappa shape index (κ3) is 5.13. The van der Waals surface area contributed by atoms with Crippen molar-refractivity contribution < 1.29 is 18.5 Å². The minimum Gasteiger partial charge on any atom is -0.361 e. The van der Waals surface area contributed by atoms with Crippen molar-refractivity contribution in [2.24, 2.45) is 0 Å². The van der Waals surface area contributed by atoms with Crippen LogP contribution in [0, 0.1) is 19.7 Å². The first-order valence-corrected chi connectivity index (χ1v) is 9.87. The molecule has 0 bridgehead atoms. The van der Waals surface area contributed by atoms with Crippen molar-refractivity contribution in [3.63, 3.8) is 0 Å². The van der Waals surface area contributed by atoms with E-state index >= 15 is 0 Å². The van der Waals surface area contributed by atoms with Crippen LogP contribution in [0.5, 0.6) is 0 Å². The summed E-state index contributed by atoms with van der Waals surface area (Å²) in [6.07, 6.45) is 1.34. The molecule has 7 nitrogen and oxygen atoms in total. The average molecular weight is 402 g/mol. The molecule has 0 spiro atoms. The van der Waals surface area contributed by atoms with E-state index in [2.05, 4.69) is 10.5 Å². The molecule has 0 aliphatic carbocycles. The second-order valence-corrected chi connectivity index (χ2v) is 7.50. The topological polar surface area (TPSA) is 78.7 Å². The van der Waals surface area contributed by atoms with Gasteiger partial charge in [-0.15, -0.1) is 0 Å². The Balaban J connectivity index is 1.53. The normalized spacial score (nSPS) is 15.7. The lowest BCUT2D eigenvalue weighted by Gasteiger charge is -2.24. The summed E-state index contributed by atoms with van der Waals surface area (Å²) in [6, 6.07) is 5.34. The van der Waals surface area contributed by atoms with Gasteiger partial charge in [0.2, 0.25) is 0 Å². The maximum Gasteiger partial charge on any atom is 0.317 e. The SMILES string of the molecule is Cc1noc(C)c1CC(C)NC(=O)N1CCCN(C(=O)c2ccc(F)cc2)CC1. The number of nitrogens with zero attached hydrogens (tertiary/aromatic N) is 3. The highest BCUT2D eigenvalue weighted by atomic mass is 19.1. The summed E-state index contributed by atoms with van der Waals surface area (Å²) in [4.78, 5) is 28.8. The number of aryl methyl sites for hydroxylation is 2. The summed E-state index contributed by atoms with van der Waals surface area (Å²) in [5.41, 5.74) is 2.32. The Kier molecular flexibility index (Phi) is 6.51. The smallest absolute Gasteiger partial charge is 0.317 e. The third-order valence-electron chi connectivity index (χ3n) is 5.22. The molecule has 156 valence electrons. The van der Waals surface area contributed by atoms with Gasteiger partial charge < -0.3 is 19.6 Å². The van der Waals surface area contributed by atoms with Gasteiger partial charge in [0, 0.05) is 43.3 Å². The zero-order chi connectivity index (χ0) is 21.0. The molecule has 1 aromatic carbocycles. The van der Waals surface area contributed by atoms with E-state index in [1.54, 1.807) is 9.80 Å². The summed E-state index contributed by atoms with van der Waals surface area (Å²) >= 11 is 0. The molecule has 2 aromatic rings. The van der Waals surface area contributed by atoms with Crippen molar-refractivity contribution in [2.45, 2.75) is 39.7 Å². The monoisotopic (exact) mass is 402 g/mol. The molecule has 3 amide bonds. The van der Waals surface area contributed by atoms with Crippen LogP contribution < -0.4 is 5.32 Å². The highest BCUT2D eigenvalue weighted by Gasteiger charge is 2.24. The predicted molar refractivity (Wildman–Crippen MR) is 106 cm³/mol. The van der Waals surface area contributed by atoms with Gasteiger partial charge in [-0.05, 0) is 57.9 Å². The number of carbonyl (C=O) groups excluding carboxylic acids is 2. The van der Waals surface area contributed by atoms with Crippen LogP contribution in [0.4, 0.5) is 9.18 Å². The lowest BCUT2D eigenvalue weighted by molar-refractivity contribution is 0.0762. The maximum atomic E-state index is 13.1. The molecule has 1 unspecified atom stereocenters. The standard InChI is InChI=1S/C21H27FN4O3/c1-14(13-19-15(2)24-29-16(19)3)23-21(28)26-10-4-9-25(11-12-26)20(27)17-5-7-18(22)8-6-17/h5-8,14H,4,9-13H2,1-3H3,(H,23,28). The van der Waals surface area contributed by atoms with Gasteiger partial charge in [0.05, 0.1) is 5.69 Å². The predicted octanol–water partition coefficient (Wildman–Crippen LogP) is 2.92. The Labute approximate surface area is 169 Å². The molecule has 1 fully saturated rings. The van der Waals surface area contributed by atoms with E-state index in [1.807, 2.05) is 20.8 Å². The van der Waals surface area contributed by atoms with E-state index in [-0.39, 0.29) is 23.8 Å². The Morgan fingerprint density at radius 2 is 1.79 bits per heavy atom. The van der Waals surface area contributed by atoms with E-state index < -0.39 is 0 Å². The van der Waals surface area contributed by atoms with E-state index in [0.29, 0.717) is 44.6 Å². The molecule has 1 saturated heterocycles. The maximum absolute atomic E-state index is 13.1. The number of hydrogen-bond acceptors (Lipinski definition) is 4. The Bertz CT molecular complexity index is 846. The van der Waals surface area contributed by atoms with Gasteiger partial charge >= 0.3 is 6.03 Å². The number of hydrogen-bond donors (Lipinski definition) is 1. The van der Waals surface area contributed by atoms with E-state index in [0.717, 1.165) is 17.0 Å². The van der Waals surface area contributed by atoms with Crippen molar-refractivity contribution >= 4 is 11.9 Å². The van der Waals surface area contributed by atoms with Crippen LogP contribution in [0.15, 0.2) is 28.8 Å². The molecule has 8 heteroatoms. The van der Waals surface area contributed by atoms with Crippen LogP contribution >= 0.6 is 0 Å². The molecule has 3 rings (SSSR count). The Hall–Kier alpha value is -2.90. The molecule has 1 aliphatic rings. The molecule has 29 heavy (non-hydrogen) atoms. The van der Waals surface area contributed by atoms with Crippen LogP contribution in [0.2, 0.25) is 0 Å². The van der Waals surface area contributed by atoms with Crippen molar-refractivity contribution in [3.8, 4) is 0 Å². The molecule has 1 atom stereocenters. The number of nitrogens with one attached hydrogen (secondary N) is 1. The summed E-state index contributed by atoms with van der Waals surface area (Å²) in [5.74, 6) is 0.262. The van der Waals surface area contributed by atoms with Crippen LogP contribution in [0.1, 0.15) is 40.7 Å². The van der Waals surface area contributed by atoms with Gasteiger partial charge in [0.25, 0.3) is 5.91 Å². The van der Waals surface area contributed by atoms with Gasteiger partial charge in [-0.2, -0.15) is 0 Å². The lowest BCUT2D eigenvalue weighted by atomic mass is 10.1. The largest absolute Gasteiger partial charge is 0.361 e. The lowest BCUT2D eigenvalue weighted by Crippen LogP contribution is -2.46. The molecule has 2 heterocycles. The first-order chi connectivity index (χ1) is 13.8. The summed E-state index contributed by atoms with van der Waals surface area (Å²) in [5, 5.41) is 6.97. The molecule has 1 aliphatic heterocycles. The zero-order valence-corrected chi connectivity index (χ0v) is 17.1. The first-order valence-electron chi connectivity index (χ1n) is 9.87. The molecule has 1 aromatic heterocycles. The quantitative estimate of drug-likeness (QED) is 0.853. The van der Waals surface area contributed by atoms with Gasteiger partial charge in [-0.3, -0.25) is 4.79 Å². The summed E-state index contributed by atoms with van der Waals surface area (Å²) < 4.78 is 18.3. The highest BCUT2D eigenvalue weighted by Crippen LogP contribution is 2.15. The van der Waals surface area contributed by atoms with Crippen molar-refractivity contribution in [1.82, 2.24) is 20.3 Å². The summed E-state index contributed by atoms with van der Waals surface area (Å²) in [6.45, 7) is 7.75. The van der Waals surface area contributed by atoms with Crippen molar-refractivity contribution in [3.05, 3.63) is 52.7 Å². The zero-order valence-electron chi connectivity index (χ0n) is 17.1. The van der Waals surface area contributed by atoms with Gasteiger partial charge in [-0.25, -0.2) is 9.18 Å². The Morgan fingerprint density at radius 1 is 1.14 bits per heavy atom. The Morgan fingerprint density at radius 3 is 2.45 bits per heavy atom. The number of carbonyl (C=O) groups is 2. The number of aromatic nitrogens is 1. The van der Waals surface area contributed by atoms with Crippen LogP contribution in [-0.4, -0.2) is 59.1 Å². The molecule has 0 radical (unpaired) electrons. The highest BCUT2D eigenvalue weighted by molar-refractivity contribution is 5.94. The van der Waals surface area contributed by atoms with Crippen molar-refractivity contribution in [2.75, 3.05) is 26.2 Å². The van der Waals surface area contributed by atoms with Crippen LogP contribution in [0.25, 0.3) is 0 Å². The van der Waals surface area contributed by atoms with Gasteiger partial charge in [0.15, 0.2) is 0 Å². The fourth-order valence-corrected chi connectivity index (χ4v) is 3.55. The molecule has 1 N–H and O–H groups in total. The number of urea groups is 1. The molecular weight excluding hydrogens is 375 g/mol. The minimum atomic E-state index is -0.369. The third-order valence-corrected chi connectivity index (χ3v) is 5.22. The second kappa shape index (κ2) is 9.07. The fourth-order valence-electron chi connectivity index (χ4n) is 3.55. The van der Waals surface area contributed by atoms with Crippen molar-refractivity contribution in [1.29, 1.82) is 0 Å². The molecule has 0 saturated carbocycles. The van der Waals surface area contributed by atoms with E-state index in [9.17, 15) is 14.0 Å². The van der Waals surface area contributed by atoms with Crippen LogP contribution in [-0.2, 0) is 6.42 Å². The van der Waals surface area contributed by atoms with Gasteiger partial charge in [0.1, 0.15) is 11.6 Å². The van der Waals surface area contributed by atoms with Crippen LogP contribution in [0.3, 0.4) is 0 Å². The minimum absolute atomic E-state index is 0.0699. The first kappa shape index (κ1) is 20.8. The van der Waals surface area contributed by atoms with E-state index in [4.69, 9.17) is 4.52 Å². The number of amides is 3.